The predicted molar refractivity (Wildman–Crippen MR) is 75.2 cm³/mol. The summed E-state index contributed by atoms with van der Waals surface area (Å²) in [5.41, 5.74) is 1.93. The van der Waals surface area contributed by atoms with E-state index in [0.29, 0.717) is 19.7 Å². The van der Waals surface area contributed by atoms with E-state index in [9.17, 15) is 4.79 Å². The van der Waals surface area contributed by atoms with Gasteiger partial charge in [-0.05, 0) is 48.6 Å². The van der Waals surface area contributed by atoms with E-state index in [1.165, 1.54) is 0 Å². The lowest BCUT2D eigenvalue weighted by Gasteiger charge is -2.31. The molecule has 3 nitrogen and oxygen atoms in total. The number of carbonyl (C=O) groups is 1. The van der Waals surface area contributed by atoms with Gasteiger partial charge in [0.15, 0.2) is 0 Å². The number of benzene rings is 1. The molecule has 1 saturated heterocycles. The number of aryl methyl sites for hydroxylation is 1. The van der Waals surface area contributed by atoms with E-state index in [1.54, 1.807) is 0 Å². The first kappa shape index (κ1) is 12.8. The lowest BCUT2D eigenvalue weighted by Crippen LogP contribution is -2.44. The second-order valence-electron chi connectivity index (χ2n) is 4.42. The highest BCUT2D eigenvalue weighted by Gasteiger charge is 2.23. The average molecular weight is 345 g/mol. The van der Waals surface area contributed by atoms with Crippen LogP contribution < -0.4 is 0 Å². The van der Waals surface area contributed by atoms with Gasteiger partial charge in [-0.1, -0.05) is 11.6 Å². The van der Waals surface area contributed by atoms with E-state index in [4.69, 9.17) is 4.74 Å². The Bertz CT molecular complexity index is 433. The van der Waals surface area contributed by atoms with Gasteiger partial charge in [0.25, 0.3) is 5.91 Å². The van der Waals surface area contributed by atoms with Gasteiger partial charge >= 0.3 is 0 Å². The molecule has 0 radical (unpaired) electrons. The number of ether oxygens (including phenoxy) is 1. The van der Waals surface area contributed by atoms with Crippen LogP contribution in [0.3, 0.4) is 0 Å². The second kappa shape index (κ2) is 5.35. The molecule has 4 heteroatoms. The summed E-state index contributed by atoms with van der Waals surface area (Å²) in [5.74, 6) is 0.119. The maximum absolute atomic E-state index is 12.4. The molecule has 1 aromatic rings. The Labute approximate surface area is 115 Å². The van der Waals surface area contributed by atoms with Crippen molar-refractivity contribution in [3.63, 3.8) is 0 Å². The number of hydrogen-bond donors (Lipinski definition) is 0. The molecule has 1 aliphatic heterocycles. The van der Waals surface area contributed by atoms with E-state index in [0.717, 1.165) is 14.7 Å². The first-order chi connectivity index (χ1) is 8.08. The van der Waals surface area contributed by atoms with Crippen molar-refractivity contribution < 1.29 is 9.53 Å². The van der Waals surface area contributed by atoms with Gasteiger partial charge in [0.05, 0.1) is 18.3 Å². The summed E-state index contributed by atoms with van der Waals surface area (Å²) >= 11 is 2.21. The Morgan fingerprint density at radius 2 is 2.29 bits per heavy atom. The molecule has 17 heavy (non-hydrogen) atoms. The maximum atomic E-state index is 12.4. The summed E-state index contributed by atoms with van der Waals surface area (Å²) in [6, 6.07) is 5.98. The molecule has 0 N–H and O–H groups in total. The minimum atomic E-state index is 0.119. The molecule has 2 rings (SSSR count). The van der Waals surface area contributed by atoms with Crippen molar-refractivity contribution in [3.8, 4) is 0 Å². The fraction of sp³-hybridized carbons (Fsp3) is 0.462. The van der Waals surface area contributed by atoms with Crippen LogP contribution in [0.2, 0.25) is 0 Å². The fourth-order valence-electron chi connectivity index (χ4n) is 1.98. The summed E-state index contributed by atoms with van der Waals surface area (Å²) in [5, 5.41) is 0. The Balaban J connectivity index is 2.21. The first-order valence-corrected chi connectivity index (χ1v) is 6.83. The van der Waals surface area contributed by atoms with E-state index in [1.807, 2.05) is 36.9 Å². The van der Waals surface area contributed by atoms with Gasteiger partial charge in [-0.25, -0.2) is 0 Å². The molecule has 0 bridgehead atoms. The Morgan fingerprint density at radius 3 is 3.00 bits per heavy atom. The van der Waals surface area contributed by atoms with Crippen LogP contribution in [0.15, 0.2) is 18.2 Å². The van der Waals surface area contributed by atoms with Gasteiger partial charge in [0, 0.05) is 16.7 Å². The third-order valence-electron chi connectivity index (χ3n) is 2.88. The third kappa shape index (κ3) is 2.98. The largest absolute Gasteiger partial charge is 0.375 e. The maximum Gasteiger partial charge on any atom is 0.255 e. The lowest BCUT2D eigenvalue weighted by atomic mass is 10.1. The van der Waals surface area contributed by atoms with Crippen molar-refractivity contribution in [2.24, 2.45) is 0 Å². The van der Waals surface area contributed by atoms with Crippen LogP contribution in [-0.2, 0) is 4.74 Å². The minimum Gasteiger partial charge on any atom is -0.375 e. The molecule has 0 unspecified atom stereocenters. The molecule has 1 fully saturated rings. The fourth-order valence-corrected chi connectivity index (χ4v) is 2.54. The summed E-state index contributed by atoms with van der Waals surface area (Å²) in [7, 11) is 0. The topological polar surface area (TPSA) is 29.5 Å². The molecular formula is C13H16INO2. The monoisotopic (exact) mass is 345 g/mol. The molecule has 1 amide bonds. The zero-order chi connectivity index (χ0) is 12.4. The number of morpholine rings is 1. The molecule has 0 saturated carbocycles. The van der Waals surface area contributed by atoms with Crippen molar-refractivity contribution in [3.05, 3.63) is 32.9 Å². The quantitative estimate of drug-likeness (QED) is 0.732. The summed E-state index contributed by atoms with van der Waals surface area (Å²) < 4.78 is 6.46. The van der Waals surface area contributed by atoms with Gasteiger partial charge in [-0.3, -0.25) is 4.79 Å². The average Bonchev–Trinajstić information content (AvgIpc) is 2.31. The molecule has 0 spiro atoms. The molecule has 0 aromatic heterocycles. The predicted octanol–water partition coefficient (Wildman–Crippen LogP) is 2.46. The summed E-state index contributed by atoms with van der Waals surface area (Å²) in [4.78, 5) is 14.3. The van der Waals surface area contributed by atoms with E-state index < -0.39 is 0 Å². The zero-order valence-electron chi connectivity index (χ0n) is 10.1. The summed E-state index contributed by atoms with van der Waals surface area (Å²) in [6.45, 7) is 6.01. The summed E-state index contributed by atoms with van der Waals surface area (Å²) in [6.07, 6.45) is 0.134. The molecule has 1 atom stereocenters. The third-order valence-corrected chi connectivity index (χ3v) is 3.82. The highest BCUT2D eigenvalue weighted by molar-refractivity contribution is 14.1. The minimum absolute atomic E-state index is 0.119. The van der Waals surface area contributed by atoms with Crippen molar-refractivity contribution >= 4 is 28.5 Å². The SMILES string of the molecule is Cc1ccc(I)c(C(=O)N2CCO[C@@H](C)C2)c1. The molecule has 92 valence electrons. The number of amides is 1. The van der Waals surface area contributed by atoms with Gasteiger partial charge in [0.1, 0.15) is 0 Å². The second-order valence-corrected chi connectivity index (χ2v) is 5.58. The van der Waals surface area contributed by atoms with Gasteiger partial charge < -0.3 is 9.64 Å². The van der Waals surface area contributed by atoms with Crippen LogP contribution in [0.4, 0.5) is 0 Å². The molecule has 1 aliphatic rings. The molecule has 1 aromatic carbocycles. The first-order valence-electron chi connectivity index (χ1n) is 5.75. The Kier molecular flexibility index (Phi) is 4.04. The van der Waals surface area contributed by atoms with Gasteiger partial charge in [0.2, 0.25) is 0 Å². The van der Waals surface area contributed by atoms with Crippen LogP contribution in [0.5, 0.6) is 0 Å². The standard InChI is InChI=1S/C13H16INO2/c1-9-3-4-12(14)11(7-9)13(16)15-5-6-17-10(2)8-15/h3-4,7,10H,5-6,8H2,1-2H3/t10-/m0/s1. The van der Waals surface area contributed by atoms with E-state index in [-0.39, 0.29) is 12.0 Å². The smallest absolute Gasteiger partial charge is 0.255 e. The van der Waals surface area contributed by atoms with Crippen LogP contribution in [0.1, 0.15) is 22.8 Å². The zero-order valence-corrected chi connectivity index (χ0v) is 12.2. The number of hydrogen-bond acceptors (Lipinski definition) is 2. The van der Waals surface area contributed by atoms with Gasteiger partial charge in [-0.2, -0.15) is 0 Å². The van der Waals surface area contributed by atoms with E-state index >= 15 is 0 Å². The number of halogens is 1. The Morgan fingerprint density at radius 1 is 1.53 bits per heavy atom. The normalized spacial score (nSPS) is 20.4. The van der Waals surface area contributed by atoms with Crippen molar-refractivity contribution in [1.29, 1.82) is 0 Å². The van der Waals surface area contributed by atoms with Crippen molar-refractivity contribution in [1.82, 2.24) is 4.90 Å². The van der Waals surface area contributed by atoms with E-state index in [2.05, 4.69) is 22.6 Å². The van der Waals surface area contributed by atoms with Crippen molar-refractivity contribution in [2.75, 3.05) is 19.7 Å². The molecule has 0 aliphatic carbocycles. The van der Waals surface area contributed by atoms with Crippen LogP contribution in [-0.4, -0.2) is 36.6 Å². The van der Waals surface area contributed by atoms with Gasteiger partial charge in [-0.15, -0.1) is 0 Å². The Hall–Kier alpha value is -0.620. The number of carbonyl (C=O) groups excluding carboxylic acids is 1. The van der Waals surface area contributed by atoms with Crippen LogP contribution >= 0.6 is 22.6 Å². The molecular weight excluding hydrogens is 329 g/mol. The van der Waals surface area contributed by atoms with Crippen LogP contribution in [0.25, 0.3) is 0 Å². The van der Waals surface area contributed by atoms with Crippen LogP contribution in [0, 0.1) is 10.5 Å². The lowest BCUT2D eigenvalue weighted by molar-refractivity contribution is -0.0124. The highest BCUT2D eigenvalue weighted by Crippen LogP contribution is 2.18. The number of rotatable bonds is 1. The highest BCUT2D eigenvalue weighted by atomic mass is 127. The number of nitrogens with zero attached hydrogens (tertiary/aromatic N) is 1. The molecule has 1 heterocycles. The van der Waals surface area contributed by atoms with Crippen molar-refractivity contribution in [2.45, 2.75) is 20.0 Å².